The van der Waals surface area contributed by atoms with Crippen LogP contribution in [-0.2, 0) is 19.1 Å². The number of ether oxygens (including phenoxy) is 2. The monoisotopic (exact) mass is 330 g/mol. The number of halogens is 2. The van der Waals surface area contributed by atoms with Crippen molar-refractivity contribution in [2.24, 2.45) is 0 Å². The van der Waals surface area contributed by atoms with Gasteiger partial charge in [0.15, 0.2) is 0 Å². The first-order valence-electron chi connectivity index (χ1n) is 3.96. The summed E-state index contributed by atoms with van der Waals surface area (Å²) < 4.78 is 9.03. The molecule has 4 nitrogen and oxygen atoms in total. The second-order valence-corrected chi connectivity index (χ2v) is 4.77. The molecular weight excluding hydrogens is 320 g/mol. The number of rotatable bonds is 5. The van der Waals surface area contributed by atoms with Crippen LogP contribution < -0.4 is 0 Å². The third kappa shape index (κ3) is 4.95. The highest BCUT2D eigenvalue weighted by molar-refractivity contribution is 9.10. The fraction of sp³-hybridized carbons (Fsp3) is 0.750. The first-order valence-corrected chi connectivity index (χ1v) is 5.79. The van der Waals surface area contributed by atoms with Gasteiger partial charge in [-0.05, 0) is 12.8 Å². The molecule has 0 spiro atoms. The molecule has 0 amide bonds. The molecule has 6 heteroatoms. The number of carbonyl (C=O) groups is 2. The van der Waals surface area contributed by atoms with Crippen molar-refractivity contribution in [3.8, 4) is 0 Å². The lowest BCUT2D eigenvalue weighted by Crippen LogP contribution is -2.20. The zero-order valence-electron chi connectivity index (χ0n) is 7.96. The van der Waals surface area contributed by atoms with E-state index in [1.54, 1.807) is 0 Å². The maximum atomic E-state index is 11.0. The highest BCUT2D eigenvalue weighted by Crippen LogP contribution is 2.16. The zero-order valence-corrected chi connectivity index (χ0v) is 11.1. The molecule has 0 bridgehead atoms. The lowest BCUT2D eigenvalue weighted by molar-refractivity contribution is -0.141. The second kappa shape index (κ2) is 7.23. The molecule has 0 saturated carbocycles. The number of esters is 2. The Labute approximate surface area is 99.6 Å². The van der Waals surface area contributed by atoms with Crippen molar-refractivity contribution < 1.29 is 19.1 Å². The van der Waals surface area contributed by atoms with Gasteiger partial charge in [-0.1, -0.05) is 31.9 Å². The summed E-state index contributed by atoms with van der Waals surface area (Å²) in [5.74, 6) is -0.677. The lowest BCUT2D eigenvalue weighted by Gasteiger charge is -2.09. The summed E-state index contributed by atoms with van der Waals surface area (Å²) in [6, 6.07) is 0. The predicted molar refractivity (Wildman–Crippen MR) is 58.7 cm³/mol. The Balaban J connectivity index is 3.82. The summed E-state index contributed by atoms with van der Waals surface area (Å²) in [6.45, 7) is 0. The molecule has 0 saturated heterocycles. The van der Waals surface area contributed by atoms with Crippen molar-refractivity contribution in [1.82, 2.24) is 0 Å². The van der Waals surface area contributed by atoms with E-state index in [0.29, 0.717) is 12.8 Å². The largest absolute Gasteiger partial charge is 0.468 e. The maximum Gasteiger partial charge on any atom is 0.319 e. The molecule has 0 aromatic rings. The molecule has 0 aromatic carbocycles. The molecule has 2 unspecified atom stereocenters. The molecule has 0 radical (unpaired) electrons. The molecule has 14 heavy (non-hydrogen) atoms. The first-order chi connectivity index (χ1) is 6.52. The number of carbonyl (C=O) groups excluding carboxylic acids is 2. The van der Waals surface area contributed by atoms with Crippen molar-refractivity contribution in [3.05, 3.63) is 0 Å². The summed E-state index contributed by atoms with van der Waals surface area (Å²) in [4.78, 5) is 21.2. The number of methoxy groups -OCH3 is 2. The van der Waals surface area contributed by atoms with Gasteiger partial charge in [-0.2, -0.15) is 0 Å². The topological polar surface area (TPSA) is 52.6 Å². The minimum atomic E-state index is -0.378. The summed E-state index contributed by atoms with van der Waals surface area (Å²) in [5, 5.41) is 0. The molecule has 0 aliphatic rings. The molecule has 0 N–H and O–H groups in total. The summed E-state index contributed by atoms with van der Waals surface area (Å²) in [5.41, 5.74) is 0. The molecule has 0 heterocycles. The van der Waals surface area contributed by atoms with E-state index in [-0.39, 0.29) is 21.6 Å². The fourth-order valence-electron chi connectivity index (χ4n) is 0.784. The smallest absolute Gasteiger partial charge is 0.319 e. The van der Waals surface area contributed by atoms with E-state index in [1.165, 1.54) is 14.2 Å². The van der Waals surface area contributed by atoms with Gasteiger partial charge in [0.1, 0.15) is 9.65 Å². The lowest BCUT2D eigenvalue weighted by atomic mass is 10.2. The van der Waals surface area contributed by atoms with Crippen LogP contribution in [0, 0.1) is 0 Å². The normalized spacial score (nSPS) is 14.3. The molecule has 2 atom stereocenters. The van der Waals surface area contributed by atoms with E-state index < -0.39 is 0 Å². The average Bonchev–Trinajstić information content (AvgIpc) is 2.22. The van der Waals surface area contributed by atoms with Gasteiger partial charge in [0, 0.05) is 0 Å². The number of hydrogen-bond donors (Lipinski definition) is 0. The average molecular weight is 332 g/mol. The van der Waals surface area contributed by atoms with Gasteiger partial charge >= 0.3 is 11.9 Å². The minimum Gasteiger partial charge on any atom is -0.468 e. The summed E-state index contributed by atoms with van der Waals surface area (Å²) in [6.07, 6.45) is 1.02. The summed E-state index contributed by atoms with van der Waals surface area (Å²) >= 11 is 6.31. The van der Waals surface area contributed by atoms with Gasteiger partial charge in [0.2, 0.25) is 0 Å². The Morgan fingerprint density at radius 3 is 1.50 bits per heavy atom. The highest BCUT2D eigenvalue weighted by atomic mass is 79.9. The molecule has 0 aromatic heterocycles. The van der Waals surface area contributed by atoms with E-state index in [0.717, 1.165) is 0 Å². The summed E-state index contributed by atoms with van der Waals surface area (Å²) in [7, 11) is 2.64. The van der Waals surface area contributed by atoms with E-state index in [1.807, 2.05) is 0 Å². The third-order valence-electron chi connectivity index (χ3n) is 1.59. The molecule has 0 aliphatic carbocycles. The van der Waals surface area contributed by atoms with Gasteiger partial charge in [-0.15, -0.1) is 0 Å². The van der Waals surface area contributed by atoms with Crippen LogP contribution in [0.1, 0.15) is 12.8 Å². The van der Waals surface area contributed by atoms with Crippen LogP contribution in [0.25, 0.3) is 0 Å². The van der Waals surface area contributed by atoms with Crippen LogP contribution in [0.3, 0.4) is 0 Å². The highest BCUT2D eigenvalue weighted by Gasteiger charge is 2.20. The van der Waals surface area contributed by atoms with E-state index >= 15 is 0 Å². The van der Waals surface area contributed by atoms with Crippen LogP contribution in [0.15, 0.2) is 0 Å². The molecular formula is C8H12Br2O4. The second-order valence-electron chi connectivity index (χ2n) is 2.56. The SMILES string of the molecule is COC(=O)C(Br)CCC(Br)C(=O)OC. The van der Waals surface area contributed by atoms with Crippen molar-refractivity contribution in [2.45, 2.75) is 22.5 Å². The quantitative estimate of drug-likeness (QED) is 0.567. The van der Waals surface area contributed by atoms with Crippen LogP contribution >= 0.6 is 31.9 Å². The first kappa shape index (κ1) is 13.9. The zero-order chi connectivity index (χ0) is 11.1. The minimum absolute atomic E-state index is 0.338. The maximum absolute atomic E-state index is 11.0. The van der Waals surface area contributed by atoms with Gasteiger partial charge in [-0.25, -0.2) is 0 Å². The predicted octanol–water partition coefficient (Wildman–Crippen LogP) is 1.64. The van der Waals surface area contributed by atoms with Gasteiger partial charge < -0.3 is 9.47 Å². The van der Waals surface area contributed by atoms with Crippen molar-refractivity contribution in [1.29, 1.82) is 0 Å². The van der Waals surface area contributed by atoms with Crippen LogP contribution in [-0.4, -0.2) is 35.8 Å². The van der Waals surface area contributed by atoms with Gasteiger partial charge in [0.05, 0.1) is 14.2 Å². The van der Waals surface area contributed by atoms with E-state index in [9.17, 15) is 9.59 Å². The Morgan fingerprint density at radius 1 is 1.00 bits per heavy atom. The van der Waals surface area contributed by atoms with Crippen molar-refractivity contribution in [2.75, 3.05) is 14.2 Å². The molecule has 0 aliphatic heterocycles. The van der Waals surface area contributed by atoms with Crippen molar-refractivity contribution in [3.63, 3.8) is 0 Å². The third-order valence-corrected chi connectivity index (χ3v) is 3.25. The number of hydrogen-bond acceptors (Lipinski definition) is 4. The Morgan fingerprint density at radius 2 is 1.29 bits per heavy atom. The molecule has 0 rings (SSSR count). The Hall–Kier alpha value is -0.100. The Bertz CT molecular complexity index is 186. The van der Waals surface area contributed by atoms with Crippen LogP contribution in [0.5, 0.6) is 0 Å². The van der Waals surface area contributed by atoms with Crippen LogP contribution in [0.4, 0.5) is 0 Å². The van der Waals surface area contributed by atoms with Gasteiger partial charge in [-0.3, -0.25) is 9.59 Å². The van der Waals surface area contributed by atoms with Gasteiger partial charge in [0.25, 0.3) is 0 Å². The Kier molecular flexibility index (Phi) is 7.17. The fourth-order valence-corrected chi connectivity index (χ4v) is 1.69. The number of alkyl halides is 2. The standard InChI is InChI=1S/C8H12Br2O4/c1-13-7(11)5(9)3-4-6(10)8(12)14-2/h5-6H,3-4H2,1-2H3. The van der Waals surface area contributed by atoms with E-state index in [2.05, 4.69) is 41.3 Å². The molecule has 0 fully saturated rings. The van der Waals surface area contributed by atoms with Crippen LogP contribution in [0.2, 0.25) is 0 Å². The van der Waals surface area contributed by atoms with E-state index in [4.69, 9.17) is 0 Å². The molecule has 82 valence electrons. The van der Waals surface area contributed by atoms with Crippen molar-refractivity contribution >= 4 is 43.8 Å².